The highest BCUT2D eigenvalue weighted by Crippen LogP contribution is 2.14. The molecule has 0 bridgehead atoms. The summed E-state index contributed by atoms with van der Waals surface area (Å²) in [5.74, 6) is 0.0523. The first-order valence-electron chi connectivity index (χ1n) is 4.63. The molecule has 0 saturated heterocycles. The van der Waals surface area contributed by atoms with Crippen LogP contribution < -0.4 is 0 Å². The average molecular weight is 232 g/mol. The first-order valence-corrected chi connectivity index (χ1v) is 8.01. The second-order valence-corrected chi connectivity index (χ2v) is 8.25. The van der Waals surface area contributed by atoms with Crippen LogP contribution in [0.1, 0.15) is 20.8 Å². The number of hydrogen-bond acceptors (Lipinski definition) is 1. The second kappa shape index (κ2) is 6.04. The van der Waals surface area contributed by atoms with E-state index >= 15 is 0 Å². The number of carbonyl (C=O) groups is 1. The van der Waals surface area contributed by atoms with Crippen molar-refractivity contribution in [3.63, 3.8) is 0 Å². The Labute approximate surface area is 92.0 Å². The number of allylic oxidation sites excluding steroid dienone is 2. The van der Waals surface area contributed by atoms with Crippen molar-refractivity contribution in [2.45, 2.75) is 20.8 Å². The Hall–Kier alpha value is -0.543. The fourth-order valence-electron chi connectivity index (χ4n) is 1.19. The average Bonchev–Trinajstić information content (AvgIpc) is 2.04. The smallest absolute Gasteiger partial charge is 0.221 e. The van der Waals surface area contributed by atoms with Gasteiger partial charge in [-0.15, -0.1) is 0 Å². The molecule has 0 spiro atoms. The predicted octanol–water partition coefficient (Wildman–Crippen LogP) is 2.42. The van der Waals surface area contributed by atoms with Gasteiger partial charge >= 0.3 is 0 Å². The second-order valence-electron chi connectivity index (χ2n) is 3.30. The monoisotopic (exact) mass is 231 g/mol. The highest BCUT2D eigenvalue weighted by atomic mass is 35.6. The third kappa shape index (κ3) is 4.63. The Morgan fingerprint density at radius 1 is 1.36 bits per heavy atom. The van der Waals surface area contributed by atoms with Crippen molar-refractivity contribution in [3.05, 3.63) is 23.6 Å². The molecular formula is C10H18ClNOSi. The Balaban J connectivity index is 4.60. The maximum atomic E-state index is 11.1. The van der Waals surface area contributed by atoms with E-state index in [0.29, 0.717) is 6.17 Å². The summed E-state index contributed by atoms with van der Waals surface area (Å²) in [4.78, 5) is 12.7. The minimum absolute atomic E-state index is 0.0523. The van der Waals surface area contributed by atoms with Crippen LogP contribution in [-0.4, -0.2) is 31.4 Å². The molecule has 0 aromatic carbocycles. The van der Waals surface area contributed by atoms with E-state index in [4.69, 9.17) is 11.1 Å². The van der Waals surface area contributed by atoms with Crippen molar-refractivity contribution >= 4 is 24.4 Å². The zero-order chi connectivity index (χ0) is 11.2. The molecular weight excluding hydrogens is 214 g/mol. The normalized spacial score (nSPS) is 16.1. The van der Waals surface area contributed by atoms with Crippen molar-refractivity contribution in [2.24, 2.45) is 0 Å². The summed E-state index contributed by atoms with van der Waals surface area (Å²) < 4.78 is 0. The zero-order valence-corrected chi connectivity index (χ0v) is 11.0. The number of amides is 1. The molecule has 0 heterocycles. The van der Waals surface area contributed by atoms with Crippen LogP contribution >= 0.6 is 11.1 Å². The van der Waals surface area contributed by atoms with Gasteiger partial charge in [0.05, 0.1) is 0 Å². The molecule has 0 radical (unpaired) electrons. The number of carbonyl (C=O) groups excluding carboxylic acids is 1. The third-order valence-electron chi connectivity index (χ3n) is 1.90. The van der Waals surface area contributed by atoms with Crippen molar-refractivity contribution in [3.8, 4) is 0 Å². The van der Waals surface area contributed by atoms with E-state index in [0.717, 1.165) is 0 Å². The molecule has 0 aliphatic rings. The van der Waals surface area contributed by atoms with E-state index in [1.165, 1.54) is 0 Å². The van der Waals surface area contributed by atoms with Crippen LogP contribution in [0.15, 0.2) is 23.6 Å². The lowest BCUT2D eigenvalue weighted by Gasteiger charge is -2.23. The summed E-state index contributed by atoms with van der Waals surface area (Å²) in [5.41, 5.74) is 4.04. The van der Waals surface area contributed by atoms with Gasteiger partial charge in [-0.3, -0.25) is 4.79 Å². The summed E-state index contributed by atoms with van der Waals surface area (Å²) in [6, 6.07) is 0. The van der Waals surface area contributed by atoms with E-state index in [2.05, 4.69) is 0 Å². The van der Waals surface area contributed by atoms with Crippen molar-refractivity contribution < 1.29 is 4.79 Å². The molecule has 0 aliphatic heterocycles. The van der Waals surface area contributed by atoms with Crippen molar-refractivity contribution in [1.29, 1.82) is 0 Å². The maximum absolute atomic E-state index is 11.1. The van der Waals surface area contributed by atoms with E-state index in [1.807, 2.05) is 37.4 Å². The number of nitrogens with zero attached hydrogens (tertiary/aromatic N) is 1. The van der Waals surface area contributed by atoms with Crippen LogP contribution in [0, 0.1) is 0 Å². The molecule has 0 N–H and O–H groups in total. The summed E-state index contributed by atoms with van der Waals surface area (Å²) in [5, 5.41) is 0. The molecule has 0 aromatic rings. The number of rotatable bonds is 4. The van der Waals surface area contributed by atoms with Crippen molar-refractivity contribution in [2.75, 3.05) is 13.2 Å². The SMILES string of the molecule is CC=C[Si](Cl)(C=CC)CN(C)C(C)=O. The molecule has 0 rings (SSSR count). The summed E-state index contributed by atoms with van der Waals surface area (Å²) >= 11 is 6.45. The van der Waals surface area contributed by atoms with Gasteiger partial charge in [0.1, 0.15) is 0 Å². The van der Waals surface area contributed by atoms with Crippen LogP contribution in [0.25, 0.3) is 0 Å². The van der Waals surface area contributed by atoms with Crippen LogP contribution in [0.5, 0.6) is 0 Å². The Morgan fingerprint density at radius 3 is 2.07 bits per heavy atom. The molecule has 14 heavy (non-hydrogen) atoms. The van der Waals surface area contributed by atoms with Crippen molar-refractivity contribution in [1.82, 2.24) is 4.90 Å². The lowest BCUT2D eigenvalue weighted by Crippen LogP contribution is -2.41. The molecule has 0 unspecified atom stereocenters. The van der Waals surface area contributed by atoms with E-state index in [9.17, 15) is 4.79 Å². The highest BCUT2D eigenvalue weighted by molar-refractivity contribution is 7.26. The minimum atomic E-state index is -2.06. The largest absolute Gasteiger partial charge is 0.347 e. The van der Waals surface area contributed by atoms with Crippen LogP contribution in [-0.2, 0) is 4.79 Å². The van der Waals surface area contributed by atoms with Gasteiger partial charge < -0.3 is 4.90 Å². The topological polar surface area (TPSA) is 20.3 Å². The number of halogens is 1. The number of hydrogen-bond donors (Lipinski definition) is 0. The lowest BCUT2D eigenvalue weighted by molar-refractivity contribution is -0.126. The molecule has 1 amide bonds. The molecule has 2 nitrogen and oxygen atoms in total. The first kappa shape index (κ1) is 13.5. The van der Waals surface area contributed by atoms with Crippen LogP contribution in [0.4, 0.5) is 0 Å². The maximum Gasteiger partial charge on any atom is 0.221 e. The van der Waals surface area contributed by atoms with Gasteiger partial charge in [0.15, 0.2) is 0 Å². The first-order chi connectivity index (χ1) is 6.45. The third-order valence-corrected chi connectivity index (χ3v) is 5.75. The van der Waals surface area contributed by atoms with Gasteiger partial charge in [-0.1, -0.05) is 23.6 Å². The Morgan fingerprint density at radius 2 is 1.79 bits per heavy atom. The quantitative estimate of drug-likeness (QED) is 0.538. The van der Waals surface area contributed by atoms with Crippen LogP contribution in [0.2, 0.25) is 0 Å². The highest BCUT2D eigenvalue weighted by Gasteiger charge is 2.26. The van der Waals surface area contributed by atoms with Gasteiger partial charge in [-0.05, 0) is 13.8 Å². The van der Waals surface area contributed by atoms with Gasteiger partial charge in [0.2, 0.25) is 13.3 Å². The Kier molecular flexibility index (Phi) is 5.80. The molecule has 0 aromatic heterocycles. The molecule has 80 valence electrons. The zero-order valence-electron chi connectivity index (χ0n) is 9.25. The van der Waals surface area contributed by atoms with Crippen LogP contribution in [0.3, 0.4) is 0 Å². The fourth-order valence-corrected chi connectivity index (χ4v) is 4.86. The van der Waals surface area contributed by atoms with E-state index < -0.39 is 7.38 Å². The molecule has 4 heteroatoms. The molecule has 0 atom stereocenters. The predicted molar refractivity (Wildman–Crippen MR) is 64.5 cm³/mol. The van der Waals surface area contributed by atoms with Gasteiger partial charge in [-0.2, -0.15) is 11.1 Å². The minimum Gasteiger partial charge on any atom is -0.347 e. The Bertz CT molecular complexity index is 239. The summed E-state index contributed by atoms with van der Waals surface area (Å²) in [6.45, 7) is 5.44. The summed E-state index contributed by atoms with van der Waals surface area (Å²) in [7, 11) is -0.282. The van der Waals surface area contributed by atoms with E-state index in [1.54, 1.807) is 18.9 Å². The molecule has 0 fully saturated rings. The van der Waals surface area contributed by atoms with Gasteiger partial charge in [-0.25, -0.2) is 0 Å². The molecule has 0 saturated carbocycles. The lowest BCUT2D eigenvalue weighted by atomic mass is 10.6. The molecule has 0 aliphatic carbocycles. The van der Waals surface area contributed by atoms with Gasteiger partial charge in [0, 0.05) is 20.1 Å². The van der Waals surface area contributed by atoms with Gasteiger partial charge in [0.25, 0.3) is 0 Å². The van der Waals surface area contributed by atoms with E-state index in [-0.39, 0.29) is 5.91 Å². The fraction of sp³-hybridized carbons (Fsp3) is 0.500. The summed E-state index contributed by atoms with van der Waals surface area (Å²) in [6.07, 6.45) is 4.53. The standard InChI is InChI=1S/C10H18ClNOSi/c1-5-7-14(11,8-6-2)9-12(4)10(3)13/h5-8H,9H2,1-4H3.